The first-order valence-corrected chi connectivity index (χ1v) is 9.08. The van der Waals surface area contributed by atoms with Crippen LogP contribution in [0.2, 0.25) is 0 Å². The third kappa shape index (κ3) is 3.37. The van der Waals surface area contributed by atoms with E-state index in [1.807, 2.05) is 36.9 Å². The number of hydrogen-bond acceptors (Lipinski definition) is 4. The van der Waals surface area contributed by atoms with E-state index < -0.39 is 0 Å². The fourth-order valence-electron chi connectivity index (χ4n) is 3.69. The van der Waals surface area contributed by atoms with Gasteiger partial charge in [-0.2, -0.15) is 0 Å². The number of hydrogen-bond donors (Lipinski definition) is 1. The number of fused-ring (bicyclic) bond motifs is 1. The maximum Gasteiger partial charge on any atom is 0.227 e. The molecule has 1 amide bonds. The van der Waals surface area contributed by atoms with Crippen molar-refractivity contribution in [3.05, 3.63) is 53.0 Å². The van der Waals surface area contributed by atoms with Gasteiger partial charge in [-0.1, -0.05) is 23.4 Å². The standard InChI is InChI=1S/C20H24N4O2/c1-14-11-16(26-22-14)13-23-7-9-24(10-8-23)20(25)12-18-15(2)21-19-6-4-3-5-17(18)19/h3-6,11,21H,7-10,12-13H2,1-2H3. The summed E-state index contributed by atoms with van der Waals surface area (Å²) in [5.41, 5.74) is 4.20. The highest BCUT2D eigenvalue weighted by molar-refractivity contribution is 5.90. The van der Waals surface area contributed by atoms with Crippen LogP contribution >= 0.6 is 0 Å². The number of H-pyrrole nitrogens is 1. The molecule has 0 atom stereocenters. The molecule has 3 aromatic rings. The van der Waals surface area contributed by atoms with Crippen molar-refractivity contribution >= 4 is 16.8 Å². The van der Waals surface area contributed by atoms with Crippen molar-refractivity contribution in [1.82, 2.24) is 19.9 Å². The predicted molar refractivity (Wildman–Crippen MR) is 99.8 cm³/mol. The van der Waals surface area contributed by atoms with E-state index >= 15 is 0 Å². The zero-order valence-electron chi connectivity index (χ0n) is 15.3. The van der Waals surface area contributed by atoms with E-state index in [-0.39, 0.29) is 5.91 Å². The van der Waals surface area contributed by atoms with E-state index in [1.54, 1.807) is 0 Å². The van der Waals surface area contributed by atoms with Crippen LogP contribution in [0.25, 0.3) is 10.9 Å². The molecular formula is C20H24N4O2. The van der Waals surface area contributed by atoms with Gasteiger partial charge in [-0.05, 0) is 25.5 Å². The third-order valence-electron chi connectivity index (χ3n) is 5.14. The van der Waals surface area contributed by atoms with Crippen LogP contribution in [-0.2, 0) is 17.8 Å². The normalized spacial score (nSPS) is 15.7. The van der Waals surface area contributed by atoms with Crippen LogP contribution < -0.4 is 0 Å². The van der Waals surface area contributed by atoms with Gasteiger partial charge in [-0.3, -0.25) is 9.69 Å². The number of amides is 1. The molecule has 1 saturated heterocycles. The van der Waals surface area contributed by atoms with E-state index in [0.717, 1.165) is 66.3 Å². The summed E-state index contributed by atoms with van der Waals surface area (Å²) in [5, 5.41) is 5.08. The van der Waals surface area contributed by atoms with Crippen molar-refractivity contribution in [2.75, 3.05) is 26.2 Å². The number of benzene rings is 1. The topological polar surface area (TPSA) is 65.4 Å². The Hall–Kier alpha value is -2.60. The number of para-hydroxylation sites is 1. The molecule has 0 radical (unpaired) electrons. The molecule has 3 heterocycles. The van der Waals surface area contributed by atoms with Crippen LogP contribution in [0.5, 0.6) is 0 Å². The Morgan fingerprint density at radius 1 is 1.19 bits per heavy atom. The lowest BCUT2D eigenvalue weighted by Crippen LogP contribution is -2.48. The van der Waals surface area contributed by atoms with E-state index in [4.69, 9.17) is 4.52 Å². The minimum Gasteiger partial charge on any atom is -0.360 e. The highest BCUT2D eigenvalue weighted by Gasteiger charge is 2.23. The summed E-state index contributed by atoms with van der Waals surface area (Å²) in [7, 11) is 0. The largest absolute Gasteiger partial charge is 0.360 e. The first-order chi connectivity index (χ1) is 12.6. The first-order valence-electron chi connectivity index (χ1n) is 9.08. The van der Waals surface area contributed by atoms with E-state index in [2.05, 4.69) is 27.2 Å². The van der Waals surface area contributed by atoms with Crippen molar-refractivity contribution in [2.24, 2.45) is 0 Å². The Morgan fingerprint density at radius 3 is 2.69 bits per heavy atom. The van der Waals surface area contributed by atoms with Gasteiger partial charge in [0, 0.05) is 48.8 Å². The molecule has 6 nitrogen and oxygen atoms in total. The Bertz CT molecular complexity index is 919. The molecule has 4 rings (SSSR count). The average Bonchev–Trinajstić information content (AvgIpc) is 3.19. The summed E-state index contributed by atoms with van der Waals surface area (Å²) >= 11 is 0. The number of aryl methyl sites for hydroxylation is 2. The quantitative estimate of drug-likeness (QED) is 0.784. The van der Waals surface area contributed by atoms with Gasteiger partial charge in [-0.25, -0.2) is 0 Å². The molecule has 0 spiro atoms. The van der Waals surface area contributed by atoms with Gasteiger partial charge in [0.15, 0.2) is 5.76 Å². The number of aromatic amines is 1. The molecule has 1 fully saturated rings. The van der Waals surface area contributed by atoms with Gasteiger partial charge in [0.05, 0.1) is 18.7 Å². The fraction of sp³-hybridized carbons (Fsp3) is 0.400. The molecule has 26 heavy (non-hydrogen) atoms. The van der Waals surface area contributed by atoms with E-state index in [0.29, 0.717) is 6.42 Å². The monoisotopic (exact) mass is 352 g/mol. The highest BCUT2D eigenvalue weighted by atomic mass is 16.5. The van der Waals surface area contributed by atoms with Crippen molar-refractivity contribution in [2.45, 2.75) is 26.8 Å². The summed E-state index contributed by atoms with van der Waals surface area (Å²) in [6.45, 7) is 7.96. The minimum atomic E-state index is 0.202. The lowest BCUT2D eigenvalue weighted by molar-refractivity contribution is -0.132. The number of aromatic nitrogens is 2. The van der Waals surface area contributed by atoms with Crippen LogP contribution in [0.15, 0.2) is 34.9 Å². The van der Waals surface area contributed by atoms with Gasteiger partial charge >= 0.3 is 0 Å². The van der Waals surface area contributed by atoms with Crippen LogP contribution in [0.1, 0.15) is 22.7 Å². The number of rotatable bonds is 4. The molecule has 6 heteroatoms. The van der Waals surface area contributed by atoms with Crippen LogP contribution in [0.3, 0.4) is 0 Å². The van der Waals surface area contributed by atoms with Gasteiger partial charge in [0.25, 0.3) is 0 Å². The Kier molecular flexibility index (Phi) is 4.51. The number of carbonyl (C=O) groups excluding carboxylic acids is 1. The van der Waals surface area contributed by atoms with Gasteiger partial charge in [0.1, 0.15) is 0 Å². The molecule has 2 aromatic heterocycles. The number of carbonyl (C=O) groups is 1. The van der Waals surface area contributed by atoms with Crippen molar-refractivity contribution < 1.29 is 9.32 Å². The molecule has 0 unspecified atom stereocenters. The molecule has 1 aromatic carbocycles. The zero-order chi connectivity index (χ0) is 18.1. The SMILES string of the molecule is Cc1cc(CN2CCN(C(=O)Cc3c(C)[nH]c4ccccc34)CC2)on1. The van der Waals surface area contributed by atoms with Crippen molar-refractivity contribution in [3.8, 4) is 0 Å². The molecule has 0 aliphatic carbocycles. The lowest BCUT2D eigenvalue weighted by atomic mass is 10.1. The molecule has 136 valence electrons. The smallest absolute Gasteiger partial charge is 0.227 e. The average molecular weight is 352 g/mol. The van der Waals surface area contributed by atoms with Crippen LogP contribution in [0.4, 0.5) is 0 Å². The first kappa shape index (κ1) is 16.8. The van der Waals surface area contributed by atoms with Gasteiger partial charge < -0.3 is 14.4 Å². The summed E-state index contributed by atoms with van der Waals surface area (Å²) < 4.78 is 5.29. The highest BCUT2D eigenvalue weighted by Crippen LogP contribution is 2.23. The maximum absolute atomic E-state index is 12.8. The van der Waals surface area contributed by atoms with Gasteiger partial charge in [-0.15, -0.1) is 0 Å². The predicted octanol–water partition coefficient (Wildman–Crippen LogP) is 2.66. The summed E-state index contributed by atoms with van der Waals surface area (Å²) in [6.07, 6.45) is 0.456. The van der Waals surface area contributed by atoms with Crippen LogP contribution in [-0.4, -0.2) is 52.0 Å². The number of nitrogens with one attached hydrogen (secondary N) is 1. The second-order valence-corrected chi connectivity index (χ2v) is 7.04. The number of nitrogens with zero attached hydrogens (tertiary/aromatic N) is 3. The Labute approximate surface area is 152 Å². The molecule has 1 N–H and O–H groups in total. The van der Waals surface area contributed by atoms with E-state index in [1.165, 1.54) is 0 Å². The molecule has 1 aliphatic heterocycles. The van der Waals surface area contributed by atoms with E-state index in [9.17, 15) is 4.79 Å². The van der Waals surface area contributed by atoms with Crippen molar-refractivity contribution in [1.29, 1.82) is 0 Å². The minimum absolute atomic E-state index is 0.202. The van der Waals surface area contributed by atoms with Crippen LogP contribution in [0, 0.1) is 13.8 Å². The summed E-state index contributed by atoms with van der Waals surface area (Å²) in [4.78, 5) is 20.5. The Morgan fingerprint density at radius 2 is 1.96 bits per heavy atom. The second-order valence-electron chi connectivity index (χ2n) is 7.04. The maximum atomic E-state index is 12.8. The summed E-state index contributed by atoms with van der Waals surface area (Å²) in [6, 6.07) is 10.1. The van der Waals surface area contributed by atoms with Crippen molar-refractivity contribution in [3.63, 3.8) is 0 Å². The van der Waals surface area contributed by atoms with Gasteiger partial charge in [0.2, 0.25) is 5.91 Å². The summed E-state index contributed by atoms with van der Waals surface area (Å²) in [5.74, 6) is 1.09. The third-order valence-corrected chi connectivity index (χ3v) is 5.14. The molecule has 0 saturated carbocycles. The molecule has 0 bridgehead atoms. The lowest BCUT2D eigenvalue weighted by Gasteiger charge is -2.34. The fourth-order valence-corrected chi connectivity index (χ4v) is 3.69. The Balaban J connectivity index is 1.37. The number of piperazine rings is 1. The molecule has 1 aliphatic rings. The second kappa shape index (κ2) is 6.96. The molecular weight excluding hydrogens is 328 g/mol. The zero-order valence-corrected chi connectivity index (χ0v) is 15.3.